The zero-order valence-corrected chi connectivity index (χ0v) is 18.0. The first-order valence-electron chi connectivity index (χ1n) is 9.58. The van der Waals surface area contributed by atoms with Crippen LogP contribution in [0.1, 0.15) is 63.3 Å². The fourth-order valence-corrected chi connectivity index (χ4v) is 3.36. The van der Waals surface area contributed by atoms with Gasteiger partial charge in [0.25, 0.3) is 0 Å². The van der Waals surface area contributed by atoms with Crippen molar-refractivity contribution in [3.63, 3.8) is 0 Å². The van der Waals surface area contributed by atoms with Crippen molar-refractivity contribution in [3.8, 4) is 5.75 Å². The highest BCUT2D eigenvalue weighted by molar-refractivity contribution is 7.98. The highest BCUT2D eigenvalue weighted by atomic mass is 35.5. The molecule has 0 N–H and O–H groups in total. The standard InChI is InChI=1S/C20H29ClN4OS/c1-4-5-6-7-8-9-10-13-26-18-12-11-17(19(21)14-18)15-22-25-16(2)23-24-20(25)27-3/h11-12,14-15H,4-10,13H2,1-3H3/b22-15-. The van der Waals surface area contributed by atoms with Crippen LogP contribution in [0.4, 0.5) is 0 Å². The number of nitrogens with zero attached hydrogens (tertiary/aromatic N) is 4. The molecule has 0 bridgehead atoms. The third kappa shape index (κ3) is 7.18. The van der Waals surface area contributed by atoms with Crippen LogP contribution in [-0.2, 0) is 0 Å². The first kappa shape index (κ1) is 21.8. The monoisotopic (exact) mass is 408 g/mol. The van der Waals surface area contributed by atoms with E-state index in [4.69, 9.17) is 16.3 Å². The van der Waals surface area contributed by atoms with Gasteiger partial charge in [0.2, 0.25) is 5.16 Å². The molecule has 2 aromatic rings. The largest absolute Gasteiger partial charge is 0.494 e. The molecule has 0 atom stereocenters. The predicted octanol–water partition coefficient (Wildman–Crippen LogP) is 5.97. The van der Waals surface area contributed by atoms with Gasteiger partial charge in [-0.2, -0.15) is 9.78 Å². The molecule has 2 rings (SSSR count). The Hall–Kier alpha value is -1.53. The Labute approximate surface area is 171 Å². The molecule has 0 saturated carbocycles. The lowest BCUT2D eigenvalue weighted by Gasteiger charge is -2.08. The molecule has 0 radical (unpaired) electrons. The number of halogens is 1. The second kappa shape index (κ2) is 12.0. The molecule has 148 valence electrons. The maximum atomic E-state index is 6.38. The molecular weight excluding hydrogens is 380 g/mol. The fraction of sp³-hybridized carbons (Fsp3) is 0.550. The minimum atomic E-state index is 0.618. The van der Waals surface area contributed by atoms with Crippen molar-refractivity contribution in [1.82, 2.24) is 14.9 Å². The first-order valence-corrected chi connectivity index (χ1v) is 11.2. The normalized spacial score (nSPS) is 11.4. The van der Waals surface area contributed by atoms with Gasteiger partial charge in [-0.05, 0) is 37.8 Å². The zero-order chi connectivity index (χ0) is 19.5. The summed E-state index contributed by atoms with van der Waals surface area (Å²) in [5.74, 6) is 1.54. The molecule has 0 spiro atoms. The van der Waals surface area contributed by atoms with Crippen LogP contribution >= 0.6 is 23.4 Å². The van der Waals surface area contributed by atoms with Crippen LogP contribution in [0.5, 0.6) is 5.75 Å². The van der Waals surface area contributed by atoms with Gasteiger partial charge in [-0.15, -0.1) is 10.2 Å². The van der Waals surface area contributed by atoms with Crippen LogP contribution in [0.3, 0.4) is 0 Å². The van der Waals surface area contributed by atoms with Gasteiger partial charge in [-0.25, -0.2) is 0 Å². The number of hydrogen-bond acceptors (Lipinski definition) is 5. The van der Waals surface area contributed by atoms with Crippen LogP contribution in [0.2, 0.25) is 5.02 Å². The molecule has 1 aromatic heterocycles. The SMILES string of the molecule is CCCCCCCCCOc1ccc(/C=N\n2c(C)nnc2SC)c(Cl)c1. The first-order chi connectivity index (χ1) is 13.2. The van der Waals surface area contributed by atoms with Crippen molar-refractivity contribution in [2.75, 3.05) is 12.9 Å². The molecule has 27 heavy (non-hydrogen) atoms. The molecule has 0 amide bonds. The highest BCUT2D eigenvalue weighted by Crippen LogP contribution is 2.22. The summed E-state index contributed by atoms with van der Waals surface area (Å²) in [6.45, 7) is 4.84. The number of unbranched alkanes of at least 4 members (excludes halogenated alkanes) is 6. The van der Waals surface area contributed by atoms with Crippen LogP contribution in [0, 0.1) is 6.92 Å². The van der Waals surface area contributed by atoms with Gasteiger partial charge in [0, 0.05) is 5.56 Å². The number of ether oxygens (including phenoxy) is 1. The second-order valence-electron chi connectivity index (χ2n) is 6.44. The molecular formula is C20H29ClN4OS. The molecule has 0 unspecified atom stereocenters. The van der Waals surface area contributed by atoms with Gasteiger partial charge in [-0.3, -0.25) is 0 Å². The van der Waals surface area contributed by atoms with Crippen LogP contribution < -0.4 is 4.74 Å². The van der Waals surface area contributed by atoms with E-state index in [0.29, 0.717) is 5.02 Å². The number of aromatic nitrogens is 3. The molecule has 5 nitrogen and oxygen atoms in total. The van der Waals surface area contributed by atoms with Gasteiger partial charge in [0.1, 0.15) is 5.75 Å². The number of rotatable bonds is 12. The zero-order valence-electron chi connectivity index (χ0n) is 16.4. The lowest BCUT2D eigenvalue weighted by atomic mass is 10.1. The molecule has 1 aromatic carbocycles. The van der Waals surface area contributed by atoms with Gasteiger partial charge in [0.15, 0.2) is 5.82 Å². The number of benzene rings is 1. The lowest BCUT2D eigenvalue weighted by Crippen LogP contribution is -1.99. The second-order valence-corrected chi connectivity index (χ2v) is 7.62. The van der Waals surface area contributed by atoms with Crippen molar-refractivity contribution in [2.24, 2.45) is 5.10 Å². The van der Waals surface area contributed by atoms with Crippen LogP contribution in [-0.4, -0.2) is 34.0 Å². The molecule has 0 aliphatic rings. The summed E-state index contributed by atoms with van der Waals surface area (Å²) in [4.78, 5) is 0. The Kier molecular flexibility index (Phi) is 9.70. The van der Waals surface area contributed by atoms with Crippen LogP contribution in [0.25, 0.3) is 0 Å². The summed E-state index contributed by atoms with van der Waals surface area (Å²) in [7, 11) is 0. The van der Waals surface area contributed by atoms with Gasteiger partial charge in [-0.1, -0.05) is 68.8 Å². The van der Waals surface area contributed by atoms with E-state index in [1.54, 1.807) is 10.9 Å². The molecule has 1 heterocycles. The Bertz CT molecular complexity index is 733. The van der Waals surface area contributed by atoms with E-state index in [0.717, 1.165) is 35.3 Å². The summed E-state index contributed by atoms with van der Waals surface area (Å²) in [5.41, 5.74) is 0.833. The van der Waals surface area contributed by atoms with Crippen molar-refractivity contribution in [1.29, 1.82) is 0 Å². The summed E-state index contributed by atoms with van der Waals surface area (Å²) < 4.78 is 7.52. The van der Waals surface area contributed by atoms with Crippen LogP contribution in [0.15, 0.2) is 28.5 Å². The predicted molar refractivity (Wildman–Crippen MR) is 114 cm³/mol. The maximum Gasteiger partial charge on any atom is 0.211 e. The Morgan fingerprint density at radius 1 is 1.15 bits per heavy atom. The molecule has 0 aliphatic carbocycles. The average molecular weight is 409 g/mol. The quantitative estimate of drug-likeness (QED) is 0.246. The third-order valence-electron chi connectivity index (χ3n) is 4.25. The van der Waals surface area contributed by atoms with Crippen molar-refractivity contribution in [3.05, 3.63) is 34.6 Å². The minimum Gasteiger partial charge on any atom is -0.494 e. The highest BCUT2D eigenvalue weighted by Gasteiger charge is 2.06. The van der Waals surface area contributed by atoms with Crippen molar-refractivity contribution < 1.29 is 4.74 Å². The summed E-state index contributed by atoms with van der Waals surface area (Å²) >= 11 is 7.88. The molecule has 0 saturated heterocycles. The summed E-state index contributed by atoms with van der Waals surface area (Å²) in [6.07, 6.45) is 12.6. The van der Waals surface area contributed by atoms with E-state index >= 15 is 0 Å². The van der Waals surface area contributed by atoms with Crippen molar-refractivity contribution >= 4 is 29.6 Å². The Balaban J connectivity index is 1.81. The molecule has 7 heteroatoms. The maximum absolute atomic E-state index is 6.38. The van der Waals surface area contributed by atoms with E-state index < -0.39 is 0 Å². The third-order valence-corrected chi connectivity index (χ3v) is 5.20. The van der Waals surface area contributed by atoms with E-state index in [2.05, 4.69) is 22.2 Å². The van der Waals surface area contributed by atoms with Gasteiger partial charge >= 0.3 is 0 Å². The molecule has 0 aliphatic heterocycles. The smallest absolute Gasteiger partial charge is 0.211 e. The van der Waals surface area contributed by atoms with E-state index in [1.165, 1.54) is 50.3 Å². The number of thioether (sulfide) groups is 1. The van der Waals surface area contributed by atoms with Gasteiger partial charge < -0.3 is 4.74 Å². The van der Waals surface area contributed by atoms with E-state index in [9.17, 15) is 0 Å². The van der Waals surface area contributed by atoms with E-state index in [-0.39, 0.29) is 0 Å². The van der Waals surface area contributed by atoms with E-state index in [1.807, 2.05) is 31.4 Å². The average Bonchev–Trinajstić information content (AvgIpc) is 3.03. The summed E-state index contributed by atoms with van der Waals surface area (Å²) in [6, 6.07) is 5.70. The summed E-state index contributed by atoms with van der Waals surface area (Å²) in [5, 5.41) is 13.9. The number of aryl methyl sites for hydroxylation is 1. The molecule has 0 fully saturated rings. The topological polar surface area (TPSA) is 52.3 Å². The lowest BCUT2D eigenvalue weighted by molar-refractivity contribution is 0.304. The fourth-order valence-electron chi connectivity index (χ4n) is 2.67. The van der Waals surface area contributed by atoms with Crippen molar-refractivity contribution in [2.45, 2.75) is 63.9 Å². The number of hydrogen-bond donors (Lipinski definition) is 0. The Morgan fingerprint density at radius 2 is 1.89 bits per heavy atom. The van der Waals surface area contributed by atoms with Gasteiger partial charge in [0.05, 0.1) is 17.8 Å². The minimum absolute atomic E-state index is 0.618. The Morgan fingerprint density at radius 3 is 2.59 bits per heavy atom.